The van der Waals surface area contributed by atoms with Crippen molar-refractivity contribution in [3.05, 3.63) is 129 Å². The van der Waals surface area contributed by atoms with E-state index >= 15 is 0 Å². The van der Waals surface area contributed by atoms with Crippen LogP contribution in [0.3, 0.4) is 0 Å². The van der Waals surface area contributed by atoms with Gasteiger partial charge in [-0.05, 0) is 67.8 Å². The number of hydrogen-bond acceptors (Lipinski definition) is 4. The highest BCUT2D eigenvalue weighted by molar-refractivity contribution is 9.10. The van der Waals surface area contributed by atoms with Crippen molar-refractivity contribution < 1.29 is 18.0 Å². The number of nitrogens with zero attached hydrogens (tertiary/aromatic N) is 2. The van der Waals surface area contributed by atoms with Crippen LogP contribution in [0.1, 0.15) is 37.0 Å². The molecule has 1 N–H and O–H groups in total. The summed E-state index contributed by atoms with van der Waals surface area (Å²) in [6.07, 6.45) is 0.925. The second-order valence-corrected chi connectivity index (χ2v) is 14.1. The van der Waals surface area contributed by atoms with E-state index in [4.69, 9.17) is 11.6 Å². The Balaban J connectivity index is 1.82. The molecular formula is C35H37BrClN3O4S. The van der Waals surface area contributed by atoms with Gasteiger partial charge < -0.3 is 10.2 Å². The van der Waals surface area contributed by atoms with Crippen LogP contribution in [0.2, 0.25) is 5.02 Å². The van der Waals surface area contributed by atoms with E-state index in [9.17, 15) is 18.0 Å². The van der Waals surface area contributed by atoms with Gasteiger partial charge in [-0.2, -0.15) is 0 Å². The molecule has 4 aromatic rings. The first kappa shape index (κ1) is 34.2. The molecular weight excluding hydrogens is 674 g/mol. The lowest BCUT2D eigenvalue weighted by Gasteiger charge is -2.34. The number of halogens is 2. The number of anilines is 1. The summed E-state index contributed by atoms with van der Waals surface area (Å²) >= 11 is 9.99. The predicted molar refractivity (Wildman–Crippen MR) is 184 cm³/mol. The quantitative estimate of drug-likeness (QED) is 0.160. The van der Waals surface area contributed by atoms with E-state index in [2.05, 4.69) is 21.2 Å². The van der Waals surface area contributed by atoms with E-state index in [0.717, 1.165) is 15.4 Å². The fraction of sp³-hybridized carbons (Fsp3) is 0.257. The van der Waals surface area contributed by atoms with Crippen molar-refractivity contribution in [2.45, 2.75) is 57.1 Å². The Hall–Kier alpha value is -3.66. The highest BCUT2D eigenvalue weighted by atomic mass is 79.9. The molecule has 4 aromatic carbocycles. The minimum atomic E-state index is -4.19. The van der Waals surface area contributed by atoms with Gasteiger partial charge in [0.1, 0.15) is 12.6 Å². The summed E-state index contributed by atoms with van der Waals surface area (Å²) in [6, 6.07) is 28.7. The van der Waals surface area contributed by atoms with Gasteiger partial charge in [0, 0.05) is 28.5 Å². The zero-order valence-electron chi connectivity index (χ0n) is 25.5. The Morgan fingerprint density at radius 1 is 0.911 bits per heavy atom. The van der Waals surface area contributed by atoms with Gasteiger partial charge in [-0.15, -0.1) is 0 Å². The fourth-order valence-corrected chi connectivity index (χ4v) is 6.79. The van der Waals surface area contributed by atoms with Crippen molar-refractivity contribution in [2.24, 2.45) is 0 Å². The standard InChI is InChI=1S/C35H37BrClN3O4S/c1-4-26(3)38-35(42)33(21-27-11-6-5-7-12-27)39(23-28-13-8-9-16-32(28)37)34(41)24-40(30-15-10-14-29(36)22-30)45(43,44)31-19-17-25(2)18-20-31/h5-20,22,26,33H,4,21,23-24H2,1-3H3,(H,38,42)/t26-,33-/m1/s1. The monoisotopic (exact) mass is 709 g/mol. The summed E-state index contributed by atoms with van der Waals surface area (Å²) in [7, 11) is -4.19. The van der Waals surface area contributed by atoms with E-state index in [1.54, 1.807) is 54.6 Å². The summed E-state index contributed by atoms with van der Waals surface area (Å²) in [5.41, 5.74) is 2.70. The average molecular weight is 711 g/mol. The second-order valence-electron chi connectivity index (χ2n) is 10.9. The molecule has 10 heteroatoms. The lowest BCUT2D eigenvalue weighted by Crippen LogP contribution is -2.54. The van der Waals surface area contributed by atoms with Crippen LogP contribution in [-0.2, 0) is 32.6 Å². The van der Waals surface area contributed by atoms with Crippen molar-refractivity contribution in [3.63, 3.8) is 0 Å². The van der Waals surface area contributed by atoms with Gasteiger partial charge in [0.15, 0.2) is 0 Å². The molecule has 236 valence electrons. The van der Waals surface area contributed by atoms with E-state index in [1.165, 1.54) is 17.0 Å². The Kier molecular flexibility index (Phi) is 11.8. The minimum Gasteiger partial charge on any atom is -0.352 e. The molecule has 2 atom stereocenters. The Morgan fingerprint density at radius 3 is 2.22 bits per heavy atom. The number of hydrogen-bond donors (Lipinski definition) is 1. The molecule has 0 saturated carbocycles. The van der Waals surface area contributed by atoms with Gasteiger partial charge in [-0.25, -0.2) is 8.42 Å². The number of benzene rings is 4. The first-order chi connectivity index (χ1) is 21.5. The van der Waals surface area contributed by atoms with Crippen LogP contribution in [0.4, 0.5) is 5.69 Å². The molecule has 0 unspecified atom stereocenters. The molecule has 0 spiro atoms. The largest absolute Gasteiger partial charge is 0.352 e. The maximum Gasteiger partial charge on any atom is 0.264 e. The number of aryl methyl sites for hydroxylation is 1. The molecule has 0 aliphatic heterocycles. The molecule has 0 radical (unpaired) electrons. The number of carbonyl (C=O) groups excluding carboxylic acids is 2. The fourth-order valence-electron chi connectivity index (χ4n) is 4.80. The summed E-state index contributed by atoms with van der Waals surface area (Å²) < 4.78 is 30.0. The summed E-state index contributed by atoms with van der Waals surface area (Å²) in [4.78, 5) is 29.9. The zero-order chi connectivity index (χ0) is 32.6. The van der Waals surface area contributed by atoms with Crippen LogP contribution < -0.4 is 9.62 Å². The van der Waals surface area contributed by atoms with Crippen LogP contribution in [0.5, 0.6) is 0 Å². The molecule has 0 aliphatic carbocycles. The molecule has 2 amide bonds. The highest BCUT2D eigenvalue weighted by Crippen LogP contribution is 2.28. The number of sulfonamides is 1. The van der Waals surface area contributed by atoms with Crippen molar-refractivity contribution in [2.75, 3.05) is 10.8 Å². The smallest absolute Gasteiger partial charge is 0.264 e. The first-order valence-electron chi connectivity index (χ1n) is 14.7. The minimum absolute atomic E-state index is 0.000830. The molecule has 0 aliphatic rings. The topological polar surface area (TPSA) is 86.8 Å². The lowest BCUT2D eigenvalue weighted by atomic mass is 10.0. The SMILES string of the molecule is CC[C@@H](C)NC(=O)[C@@H](Cc1ccccc1)N(Cc1ccccc1Cl)C(=O)CN(c1cccc(Br)c1)S(=O)(=O)c1ccc(C)cc1. The molecule has 4 rings (SSSR count). The second kappa shape index (κ2) is 15.6. The zero-order valence-corrected chi connectivity index (χ0v) is 28.6. The molecule has 45 heavy (non-hydrogen) atoms. The van der Waals surface area contributed by atoms with Gasteiger partial charge in [0.05, 0.1) is 10.6 Å². The molecule has 0 bridgehead atoms. The Morgan fingerprint density at radius 2 is 1.58 bits per heavy atom. The molecule has 0 saturated heterocycles. The number of nitrogens with one attached hydrogen (secondary N) is 1. The third-order valence-electron chi connectivity index (χ3n) is 7.55. The third kappa shape index (κ3) is 8.96. The van der Waals surface area contributed by atoms with Crippen LogP contribution in [0, 0.1) is 6.92 Å². The van der Waals surface area contributed by atoms with Crippen molar-refractivity contribution in [3.8, 4) is 0 Å². The van der Waals surface area contributed by atoms with Crippen LogP contribution in [0.25, 0.3) is 0 Å². The van der Waals surface area contributed by atoms with E-state index in [1.807, 2.05) is 57.2 Å². The van der Waals surface area contributed by atoms with Gasteiger partial charge >= 0.3 is 0 Å². The van der Waals surface area contributed by atoms with E-state index in [-0.39, 0.29) is 29.8 Å². The normalized spacial score (nSPS) is 12.6. The Bertz CT molecular complexity index is 1720. The summed E-state index contributed by atoms with van der Waals surface area (Å²) in [5, 5.41) is 3.47. The number of amides is 2. The van der Waals surface area contributed by atoms with Gasteiger partial charge in [-0.3, -0.25) is 13.9 Å². The average Bonchev–Trinajstić information content (AvgIpc) is 3.02. The predicted octanol–water partition coefficient (Wildman–Crippen LogP) is 7.16. The Labute approximate surface area is 279 Å². The lowest BCUT2D eigenvalue weighted by molar-refractivity contribution is -0.140. The molecule has 0 aromatic heterocycles. The molecule has 0 fully saturated rings. The number of carbonyl (C=O) groups is 2. The van der Waals surface area contributed by atoms with E-state index in [0.29, 0.717) is 27.2 Å². The van der Waals surface area contributed by atoms with Crippen LogP contribution >= 0.6 is 27.5 Å². The first-order valence-corrected chi connectivity index (χ1v) is 17.3. The van der Waals surface area contributed by atoms with Crippen LogP contribution in [-0.4, -0.2) is 43.8 Å². The van der Waals surface area contributed by atoms with Crippen LogP contribution in [0.15, 0.2) is 112 Å². The van der Waals surface area contributed by atoms with E-state index < -0.39 is 28.5 Å². The summed E-state index contributed by atoms with van der Waals surface area (Å²) in [6.45, 7) is 5.20. The number of rotatable bonds is 13. The summed E-state index contributed by atoms with van der Waals surface area (Å²) in [5.74, 6) is -0.880. The van der Waals surface area contributed by atoms with Crippen molar-refractivity contribution in [1.29, 1.82) is 0 Å². The maximum absolute atomic E-state index is 14.5. The van der Waals surface area contributed by atoms with Gasteiger partial charge in [-0.1, -0.05) is 107 Å². The van der Waals surface area contributed by atoms with Gasteiger partial charge in [0.25, 0.3) is 10.0 Å². The van der Waals surface area contributed by atoms with Gasteiger partial charge in [0.2, 0.25) is 11.8 Å². The van der Waals surface area contributed by atoms with Crippen molar-refractivity contribution >= 4 is 55.1 Å². The highest BCUT2D eigenvalue weighted by Gasteiger charge is 2.35. The third-order valence-corrected chi connectivity index (χ3v) is 10.2. The molecule has 7 nitrogen and oxygen atoms in total. The maximum atomic E-state index is 14.5. The molecule has 0 heterocycles. The van der Waals surface area contributed by atoms with Crippen molar-refractivity contribution in [1.82, 2.24) is 10.2 Å².